The number of anilines is 1. The van der Waals surface area contributed by atoms with E-state index in [-0.39, 0.29) is 16.1 Å². The highest BCUT2D eigenvalue weighted by atomic mass is 79.9. The van der Waals surface area contributed by atoms with Crippen molar-refractivity contribution in [3.63, 3.8) is 0 Å². The molecule has 0 saturated carbocycles. The van der Waals surface area contributed by atoms with Crippen molar-refractivity contribution < 1.29 is 13.2 Å². The van der Waals surface area contributed by atoms with Crippen LogP contribution >= 0.6 is 15.9 Å². The minimum absolute atomic E-state index is 0.122. The standard InChI is InChI=1S/C13H11BrN2O3S/c14-10-4-2-6-12(8-10)20(18,19)16-11-5-1-3-9(7-11)13(15)17/h1-8,16H,(H2,15,17). The molecule has 104 valence electrons. The van der Waals surface area contributed by atoms with Gasteiger partial charge < -0.3 is 5.73 Å². The molecule has 0 saturated heterocycles. The van der Waals surface area contributed by atoms with E-state index in [1.165, 1.54) is 24.3 Å². The molecule has 2 aromatic carbocycles. The quantitative estimate of drug-likeness (QED) is 0.882. The molecule has 0 fully saturated rings. The third-order valence-corrected chi connectivity index (χ3v) is 4.38. The lowest BCUT2D eigenvalue weighted by Gasteiger charge is -2.09. The maximum atomic E-state index is 12.2. The minimum atomic E-state index is -3.71. The molecule has 0 unspecified atom stereocenters. The van der Waals surface area contributed by atoms with Gasteiger partial charge in [-0.05, 0) is 36.4 Å². The van der Waals surface area contributed by atoms with Gasteiger partial charge in [0.05, 0.1) is 4.90 Å². The van der Waals surface area contributed by atoms with Gasteiger partial charge in [-0.2, -0.15) is 0 Å². The number of sulfonamides is 1. The third-order valence-electron chi connectivity index (χ3n) is 2.51. The van der Waals surface area contributed by atoms with Crippen molar-refractivity contribution in [3.8, 4) is 0 Å². The zero-order valence-electron chi connectivity index (χ0n) is 10.2. The Hall–Kier alpha value is -1.86. The lowest BCUT2D eigenvalue weighted by atomic mass is 10.2. The predicted molar refractivity (Wildman–Crippen MR) is 79.9 cm³/mol. The minimum Gasteiger partial charge on any atom is -0.366 e. The van der Waals surface area contributed by atoms with Crippen LogP contribution in [0.15, 0.2) is 57.9 Å². The average molecular weight is 355 g/mol. The molecule has 3 N–H and O–H groups in total. The molecule has 0 aliphatic carbocycles. The Labute approximate surface area is 125 Å². The Bertz CT molecular complexity index is 760. The Morgan fingerprint density at radius 2 is 1.80 bits per heavy atom. The van der Waals surface area contributed by atoms with E-state index in [1.54, 1.807) is 24.3 Å². The lowest BCUT2D eigenvalue weighted by molar-refractivity contribution is 0.100. The van der Waals surface area contributed by atoms with Crippen LogP contribution in [-0.2, 0) is 10.0 Å². The zero-order chi connectivity index (χ0) is 14.8. The fourth-order valence-electron chi connectivity index (χ4n) is 1.58. The van der Waals surface area contributed by atoms with E-state index in [0.29, 0.717) is 4.47 Å². The van der Waals surface area contributed by atoms with Crippen LogP contribution in [0.5, 0.6) is 0 Å². The molecule has 2 rings (SSSR count). The fraction of sp³-hybridized carbons (Fsp3) is 0. The number of nitrogens with one attached hydrogen (secondary N) is 1. The molecular weight excluding hydrogens is 344 g/mol. The number of carbonyl (C=O) groups is 1. The highest BCUT2D eigenvalue weighted by Gasteiger charge is 2.14. The number of primary amides is 1. The highest BCUT2D eigenvalue weighted by Crippen LogP contribution is 2.20. The number of rotatable bonds is 4. The van der Waals surface area contributed by atoms with Crippen LogP contribution in [-0.4, -0.2) is 14.3 Å². The van der Waals surface area contributed by atoms with Crippen molar-refractivity contribution in [2.24, 2.45) is 5.73 Å². The van der Waals surface area contributed by atoms with Gasteiger partial charge in [0.2, 0.25) is 5.91 Å². The zero-order valence-corrected chi connectivity index (χ0v) is 12.6. The number of amides is 1. The largest absolute Gasteiger partial charge is 0.366 e. The number of hydrogen-bond donors (Lipinski definition) is 2. The van der Waals surface area contributed by atoms with Gasteiger partial charge in [-0.3, -0.25) is 9.52 Å². The van der Waals surface area contributed by atoms with E-state index in [0.717, 1.165) is 0 Å². The van der Waals surface area contributed by atoms with Gasteiger partial charge in [0.25, 0.3) is 10.0 Å². The van der Waals surface area contributed by atoms with E-state index in [2.05, 4.69) is 20.7 Å². The van der Waals surface area contributed by atoms with Gasteiger partial charge in [-0.25, -0.2) is 8.42 Å². The maximum Gasteiger partial charge on any atom is 0.261 e. The summed E-state index contributed by atoms with van der Waals surface area (Å²) in [7, 11) is -3.71. The highest BCUT2D eigenvalue weighted by molar-refractivity contribution is 9.10. The smallest absolute Gasteiger partial charge is 0.261 e. The Balaban J connectivity index is 2.33. The summed E-state index contributed by atoms with van der Waals surface area (Å²) in [6, 6.07) is 12.3. The summed E-state index contributed by atoms with van der Waals surface area (Å²) in [4.78, 5) is 11.2. The first-order chi connectivity index (χ1) is 9.38. The number of carbonyl (C=O) groups excluding carboxylic acids is 1. The summed E-state index contributed by atoms with van der Waals surface area (Å²) in [5, 5.41) is 0. The van der Waals surface area contributed by atoms with Crippen molar-refractivity contribution in [3.05, 3.63) is 58.6 Å². The Morgan fingerprint density at radius 1 is 1.10 bits per heavy atom. The summed E-state index contributed by atoms with van der Waals surface area (Å²) >= 11 is 3.22. The van der Waals surface area contributed by atoms with Crippen molar-refractivity contribution >= 4 is 37.5 Å². The number of benzene rings is 2. The van der Waals surface area contributed by atoms with Crippen molar-refractivity contribution in [1.82, 2.24) is 0 Å². The second kappa shape index (κ2) is 5.64. The summed E-state index contributed by atoms with van der Waals surface area (Å²) in [6.07, 6.45) is 0. The van der Waals surface area contributed by atoms with E-state index in [9.17, 15) is 13.2 Å². The molecule has 0 heterocycles. The predicted octanol–water partition coefficient (Wildman–Crippen LogP) is 2.35. The number of halogens is 1. The van der Waals surface area contributed by atoms with Crippen LogP contribution in [0.25, 0.3) is 0 Å². The molecule has 7 heteroatoms. The summed E-state index contributed by atoms with van der Waals surface area (Å²) < 4.78 is 27.4. The van der Waals surface area contributed by atoms with E-state index >= 15 is 0 Å². The molecule has 0 aliphatic rings. The number of hydrogen-bond acceptors (Lipinski definition) is 3. The molecule has 0 aliphatic heterocycles. The van der Waals surface area contributed by atoms with E-state index in [4.69, 9.17) is 5.73 Å². The van der Waals surface area contributed by atoms with Crippen molar-refractivity contribution in [1.29, 1.82) is 0 Å². The topological polar surface area (TPSA) is 89.3 Å². The monoisotopic (exact) mass is 354 g/mol. The Morgan fingerprint density at radius 3 is 2.45 bits per heavy atom. The first-order valence-corrected chi connectivity index (χ1v) is 7.84. The molecule has 1 amide bonds. The van der Waals surface area contributed by atoms with Gasteiger partial charge in [0, 0.05) is 15.7 Å². The van der Waals surface area contributed by atoms with E-state index in [1.807, 2.05) is 0 Å². The second-order valence-corrected chi connectivity index (χ2v) is 6.61. The molecule has 2 aromatic rings. The normalized spacial score (nSPS) is 11.1. The Kier molecular flexibility index (Phi) is 4.10. The molecular formula is C13H11BrN2O3S. The summed E-state index contributed by atoms with van der Waals surface area (Å²) in [5.41, 5.74) is 5.67. The van der Waals surface area contributed by atoms with Crippen molar-refractivity contribution in [2.45, 2.75) is 4.90 Å². The maximum absolute atomic E-state index is 12.2. The van der Waals surface area contributed by atoms with Gasteiger partial charge in [0.15, 0.2) is 0 Å². The van der Waals surface area contributed by atoms with Crippen LogP contribution in [0.3, 0.4) is 0 Å². The first-order valence-electron chi connectivity index (χ1n) is 5.57. The number of nitrogens with two attached hydrogens (primary N) is 1. The molecule has 20 heavy (non-hydrogen) atoms. The fourth-order valence-corrected chi connectivity index (χ4v) is 3.23. The van der Waals surface area contributed by atoms with Crippen LogP contribution in [0, 0.1) is 0 Å². The van der Waals surface area contributed by atoms with Crippen LogP contribution in [0.2, 0.25) is 0 Å². The second-order valence-electron chi connectivity index (χ2n) is 4.01. The van der Waals surface area contributed by atoms with Crippen LogP contribution in [0.4, 0.5) is 5.69 Å². The summed E-state index contributed by atoms with van der Waals surface area (Å²) in [6.45, 7) is 0. The van der Waals surface area contributed by atoms with Crippen LogP contribution < -0.4 is 10.5 Å². The SMILES string of the molecule is NC(=O)c1cccc(NS(=O)(=O)c2cccc(Br)c2)c1. The van der Waals surface area contributed by atoms with E-state index < -0.39 is 15.9 Å². The molecule has 0 radical (unpaired) electrons. The molecule has 0 bridgehead atoms. The molecule has 5 nitrogen and oxygen atoms in total. The third kappa shape index (κ3) is 3.37. The lowest BCUT2D eigenvalue weighted by Crippen LogP contribution is -2.15. The molecule has 0 spiro atoms. The molecule has 0 aromatic heterocycles. The first kappa shape index (κ1) is 14.5. The average Bonchev–Trinajstić information content (AvgIpc) is 2.38. The van der Waals surface area contributed by atoms with Crippen molar-refractivity contribution in [2.75, 3.05) is 4.72 Å². The van der Waals surface area contributed by atoms with Crippen LogP contribution in [0.1, 0.15) is 10.4 Å². The van der Waals surface area contributed by atoms with Gasteiger partial charge in [0.1, 0.15) is 0 Å². The van der Waals surface area contributed by atoms with Gasteiger partial charge in [-0.1, -0.05) is 28.1 Å². The van der Waals surface area contributed by atoms with Gasteiger partial charge in [-0.15, -0.1) is 0 Å². The summed E-state index contributed by atoms with van der Waals surface area (Å²) in [5.74, 6) is -0.617. The molecule has 0 atom stereocenters. The van der Waals surface area contributed by atoms with Gasteiger partial charge >= 0.3 is 0 Å².